The molecule has 2 N–H and O–H groups in total. The van der Waals surface area contributed by atoms with Gasteiger partial charge in [0.25, 0.3) is 0 Å². The van der Waals surface area contributed by atoms with Crippen LogP contribution in [0.15, 0.2) is 18.2 Å². The summed E-state index contributed by atoms with van der Waals surface area (Å²) >= 11 is 0. The summed E-state index contributed by atoms with van der Waals surface area (Å²) in [5.41, 5.74) is -0.0595. The van der Waals surface area contributed by atoms with E-state index < -0.39 is 29.7 Å². The smallest absolute Gasteiger partial charge is 0.337 e. The van der Waals surface area contributed by atoms with Gasteiger partial charge in [0.05, 0.1) is 24.3 Å². The highest BCUT2D eigenvalue weighted by Gasteiger charge is 2.31. The number of hydrogen-bond donors (Lipinski definition) is 2. The number of carboxylic acid groups (broad SMARTS) is 1. The van der Waals surface area contributed by atoms with Crippen LogP contribution in [-0.4, -0.2) is 48.2 Å². The van der Waals surface area contributed by atoms with Crippen molar-refractivity contribution in [3.05, 3.63) is 29.6 Å². The van der Waals surface area contributed by atoms with Crippen LogP contribution >= 0.6 is 0 Å². The molecule has 1 aliphatic rings. The summed E-state index contributed by atoms with van der Waals surface area (Å²) in [6.45, 7) is 0.348. The molecule has 0 spiro atoms. The van der Waals surface area contributed by atoms with Crippen LogP contribution in [0.25, 0.3) is 0 Å². The Kier molecular flexibility index (Phi) is 4.59. The number of aliphatic carboxylic acids is 1. The lowest BCUT2D eigenvalue weighted by Crippen LogP contribution is -2.34. The summed E-state index contributed by atoms with van der Waals surface area (Å²) in [4.78, 5) is 35.6. The molecule has 2 amide bonds. The zero-order valence-electron chi connectivity index (χ0n) is 11.8. The Balaban J connectivity index is 2.08. The number of carbonyl (C=O) groups is 3. The Morgan fingerprint density at radius 1 is 1.41 bits per heavy atom. The summed E-state index contributed by atoms with van der Waals surface area (Å²) in [5.74, 6) is -2.93. The Hall–Kier alpha value is -2.64. The quantitative estimate of drug-likeness (QED) is 0.826. The summed E-state index contributed by atoms with van der Waals surface area (Å²) in [6.07, 6.45) is 0.355. The summed E-state index contributed by atoms with van der Waals surface area (Å²) < 4.78 is 18.2. The molecule has 118 valence electrons. The molecule has 1 heterocycles. The molecular formula is C14H15FN2O5. The Bertz CT molecular complexity index is 619. The van der Waals surface area contributed by atoms with Gasteiger partial charge in [0.2, 0.25) is 0 Å². The van der Waals surface area contributed by atoms with Crippen molar-refractivity contribution in [1.29, 1.82) is 0 Å². The number of likely N-dealkylation sites (tertiary alicyclic amines) is 1. The van der Waals surface area contributed by atoms with E-state index in [2.05, 4.69) is 10.1 Å². The first-order valence-electron chi connectivity index (χ1n) is 6.59. The molecule has 0 bridgehead atoms. The molecule has 22 heavy (non-hydrogen) atoms. The first-order valence-corrected chi connectivity index (χ1v) is 6.59. The van der Waals surface area contributed by atoms with Crippen molar-refractivity contribution in [2.45, 2.75) is 6.42 Å². The third-order valence-corrected chi connectivity index (χ3v) is 3.45. The molecule has 1 aliphatic heterocycles. The van der Waals surface area contributed by atoms with Crippen LogP contribution in [-0.2, 0) is 9.53 Å². The average Bonchev–Trinajstić information content (AvgIpc) is 2.99. The highest BCUT2D eigenvalue weighted by atomic mass is 19.1. The van der Waals surface area contributed by atoms with Gasteiger partial charge in [-0.25, -0.2) is 14.0 Å². The average molecular weight is 310 g/mol. The van der Waals surface area contributed by atoms with E-state index in [1.165, 1.54) is 24.1 Å². The topological polar surface area (TPSA) is 95.9 Å². The lowest BCUT2D eigenvalue weighted by Gasteiger charge is -2.17. The molecule has 8 heteroatoms. The maximum absolute atomic E-state index is 13.7. The minimum atomic E-state index is -0.964. The first-order chi connectivity index (χ1) is 10.4. The van der Waals surface area contributed by atoms with Gasteiger partial charge >= 0.3 is 18.0 Å². The molecule has 2 rings (SSSR count). The molecule has 0 aromatic heterocycles. The zero-order valence-corrected chi connectivity index (χ0v) is 11.8. The molecule has 1 fully saturated rings. The number of benzene rings is 1. The van der Waals surface area contributed by atoms with Crippen molar-refractivity contribution in [1.82, 2.24) is 4.90 Å². The number of esters is 1. The van der Waals surface area contributed by atoms with Crippen LogP contribution in [0.5, 0.6) is 0 Å². The van der Waals surface area contributed by atoms with Gasteiger partial charge in [-0.15, -0.1) is 0 Å². The van der Waals surface area contributed by atoms with Gasteiger partial charge in [0, 0.05) is 13.1 Å². The standard InChI is InChI=1S/C14H15FN2O5/c1-22-13(20)8-2-3-10(15)11(6-8)16-14(21)17-5-4-9(7-17)12(18)19/h2-3,6,9H,4-5,7H2,1H3,(H,16,21)(H,18,19). The number of rotatable bonds is 3. The van der Waals surface area contributed by atoms with Gasteiger partial charge in [-0.1, -0.05) is 0 Å². The fraction of sp³-hybridized carbons (Fsp3) is 0.357. The van der Waals surface area contributed by atoms with Crippen LogP contribution in [0, 0.1) is 11.7 Å². The fourth-order valence-electron chi connectivity index (χ4n) is 2.21. The van der Waals surface area contributed by atoms with E-state index in [0.717, 1.165) is 6.07 Å². The van der Waals surface area contributed by atoms with Crippen molar-refractivity contribution in [2.75, 3.05) is 25.5 Å². The number of carboxylic acids is 1. The third-order valence-electron chi connectivity index (χ3n) is 3.45. The van der Waals surface area contributed by atoms with E-state index in [9.17, 15) is 18.8 Å². The van der Waals surface area contributed by atoms with Crippen molar-refractivity contribution < 1.29 is 28.6 Å². The summed E-state index contributed by atoms with van der Waals surface area (Å²) in [7, 11) is 1.19. The summed E-state index contributed by atoms with van der Waals surface area (Å²) in [6, 6.07) is 2.85. The van der Waals surface area contributed by atoms with Gasteiger partial charge in [-0.05, 0) is 24.6 Å². The molecule has 1 unspecified atom stereocenters. The Morgan fingerprint density at radius 2 is 2.14 bits per heavy atom. The Morgan fingerprint density at radius 3 is 2.73 bits per heavy atom. The molecule has 0 radical (unpaired) electrons. The van der Waals surface area contributed by atoms with Gasteiger partial charge < -0.3 is 20.1 Å². The number of methoxy groups -OCH3 is 1. The SMILES string of the molecule is COC(=O)c1ccc(F)c(NC(=O)N2CCC(C(=O)O)C2)c1. The van der Waals surface area contributed by atoms with Gasteiger partial charge in [-0.2, -0.15) is 0 Å². The molecule has 0 saturated carbocycles. The van der Waals surface area contributed by atoms with Crippen molar-refractivity contribution >= 4 is 23.7 Å². The Labute approximate surface area is 125 Å². The fourth-order valence-corrected chi connectivity index (χ4v) is 2.21. The number of ether oxygens (including phenoxy) is 1. The largest absolute Gasteiger partial charge is 0.481 e. The zero-order chi connectivity index (χ0) is 16.3. The van der Waals surface area contributed by atoms with E-state index >= 15 is 0 Å². The van der Waals surface area contributed by atoms with Crippen LogP contribution in [0.1, 0.15) is 16.8 Å². The molecular weight excluding hydrogens is 295 g/mol. The van der Waals surface area contributed by atoms with Crippen LogP contribution in [0.2, 0.25) is 0 Å². The number of urea groups is 1. The molecule has 7 nitrogen and oxygen atoms in total. The minimum Gasteiger partial charge on any atom is -0.481 e. The van der Waals surface area contributed by atoms with E-state index in [0.29, 0.717) is 6.42 Å². The van der Waals surface area contributed by atoms with Crippen LogP contribution in [0.4, 0.5) is 14.9 Å². The van der Waals surface area contributed by atoms with Crippen molar-refractivity contribution in [3.8, 4) is 0 Å². The maximum atomic E-state index is 13.7. The number of carbonyl (C=O) groups excluding carboxylic acids is 2. The lowest BCUT2D eigenvalue weighted by atomic mass is 10.1. The van der Waals surface area contributed by atoms with E-state index in [1.54, 1.807) is 0 Å². The lowest BCUT2D eigenvalue weighted by molar-refractivity contribution is -0.141. The second-order valence-electron chi connectivity index (χ2n) is 4.89. The van der Waals surface area contributed by atoms with Crippen LogP contribution in [0.3, 0.4) is 0 Å². The van der Waals surface area contributed by atoms with Crippen LogP contribution < -0.4 is 5.32 Å². The third kappa shape index (κ3) is 3.33. The number of nitrogens with one attached hydrogen (secondary N) is 1. The second kappa shape index (κ2) is 6.42. The molecule has 1 saturated heterocycles. The van der Waals surface area contributed by atoms with Crippen molar-refractivity contribution in [2.24, 2.45) is 5.92 Å². The van der Waals surface area contributed by atoms with E-state index in [4.69, 9.17) is 5.11 Å². The van der Waals surface area contributed by atoms with Gasteiger partial charge in [-0.3, -0.25) is 4.79 Å². The van der Waals surface area contributed by atoms with Crippen molar-refractivity contribution in [3.63, 3.8) is 0 Å². The first kappa shape index (κ1) is 15.7. The minimum absolute atomic E-state index is 0.0689. The molecule has 1 aromatic rings. The van der Waals surface area contributed by atoms with E-state index in [1.807, 2.05) is 0 Å². The highest BCUT2D eigenvalue weighted by Crippen LogP contribution is 2.20. The number of halogens is 1. The molecule has 0 aliphatic carbocycles. The number of anilines is 1. The highest BCUT2D eigenvalue weighted by molar-refractivity contribution is 5.94. The monoisotopic (exact) mass is 310 g/mol. The van der Waals surface area contributed by atoms with Gasteiger partial charge in [0.1, 0.15) is 5.82 Å². The number of nitrogens with zero attached hydrogens (tertiary/aromatic N) is 1. The second-order valence-corrected chi connectivity index (χ2v) is 4.89. The number of hydrogen-bond acceptors (Lipinski definition) is 4. The maximum Gasteiger partial charge on any atom is 0.337 e. The summed E-state index contributed by atoms with van der Waals surface area (Å²) in [5, 5.41) is 11.2. The number of amides is 2. The predicted octanol–water partition coefficient (Wildman–Crippen LogP) is 1.55. The normalized spacial score (nSPS) is 17.2. The van der Waals surface area contributed by atoms with Gasteiger partial charge in [0.15, 0.2) is 0 Å². The van der Waals surface area contributed by atoms with E-state index in [-0.39, 0.29) is 24.3 Å². The predicted molar refractivity (Wildman–Crippen MR) is 74.1 cm³/mol. The molecule has 1 aromatic carbocycles. The molecule has 1 atom stereocenters.